The molecule has 0 spiro atoms. The molecule has 1 fully saturated rings. The quantitative estimate of drug-likeness (QED) is 0.910. The maximum Gasteiger partial charge on any atom is 0.251 e. The van der Waals surface area contributed by atoms with Crippen LogP contribution in [0.2, 0.25) is 0 Å². The van der Waals surface area contributed by atoms with E-state index >= 15 is 0 Å². The molecule has 112 valence electrons. The highest BCUT2D eigenvalue weighted by Gasteiger charge is 2.32. The fourth-order valence-corrected chi connectivity index (χ4v) is 2.58. The second kappa shape index (κ2) is 5.95. The molecule has 0 radical (unpaired) electrons. The topological polar surface area (TPSA) is 92.8 Å². The van der Waals surface area contributed by atoms with Crippen LogP contribution in [-0.2, 0) is 11.8 Å². The van der Waals surface area contributed by atoms with E-state index in [9.17, 15) is 4.79 Å². The molecule has 2 aromatic heterocycles. The molecule has 0 unspecified atom stereocenters. The molecule has 0 bridgehead atoms. The van der Waals surface area contributed by atoms with Gasteiger partial charge in [-0.15, -0.1) is 0 Å². The van der Waals surface area contributed by atoms with Gasteiger partial charge >= 0.3 is 0 Å². The van der Waals surface area contributed by atoms with Crippen LogP contribution in [0.4, 0.5) is 0 Å². The zero-order chi connectivity index (χ0) is 15.5. The van der Waals surface area contributed by atoms with E-state index in [-0.39, 0.29) is 23.7 Å². The lowest BCUT2D eigenvalue weighted by molar-refractivity contribution is 0.0792. The number of ether oxygens (including phenoxy) is 1. The summed E-state index contributed by atoms with van der Waals surface area (Å²) in [5, 5.41) is 16.0. The number of nitrogens with zero attached hydrogens (tertiary/aromatic N) is 4. The average molecular weight is 297 g/mol. The number of nitrogens with one attached hydrogen (secondary N) is 1. The molecule has 1 aliphatic rings. The smallest absolute Gasteiger partial charge is 0.251 e. The van der Waals surface area contributed by atoms with Gasteiger partial charge in [-0.25, -0.2) is 4.98 Å². The lowest BCUT2D eigenvalue weighted by atomic mass is 10.1. The minimum atomic E-state index is -0.235. The Morgan fingerprint density at radius 2 is 2.36 bits per heavy atom. The summed E-state index contributed by atoms with van der Waals surface area (Å²) in [7, 11) is 1.85. The Kier molecular flexibility index (Phi) is 3.85. The van der Waals surface area contributed by atoms with Gasteiger partial charge < -0.3 is 10.1 Å². The van der Waals surface area contributed by atoms with Crippen LogP contribution in [0.25, 0.3) is 0 Å². The first-order valence-corrected chi connectivity index (χ1v) is 6.95. The molecule has 1 N–H and O–H groups in total. The zero-order valence-electron chi connectivity index (χ0n) is 12.1. The second-order valence-corrected chi connectivity index (χ2v) is 5.08. The number of aromatic nitrogens is 3. The first-order valence-electron chi connectivity index (χ1n) is 6.95. The van der Waals surface area contributed by atoms with E-state index < -0.39 is 0 Å². The molecule has 1 aliphatic heterocycles. The third-order valence-corrected chi connectivity index (χ3v) is 3.70. The second-order valence-electron chi connectivity index (χ2n) is 5.08. The van der Waals surface area contributed by atoms with Crippen molar-refractivity contribution in [3.8, 4) is 6.07 Å². The van der Waals surface area contributed by atoms with Gasteiger partial charge in [-0.05, 0) is 24.6 Å². The van der Waals surface area contributed by atoms with Gasteiger partial charge in [0.2, 0.25) is 0 Å². The summed E-state index contributed by atoms with van der Waals surface area (Å²) in [5.41, 5.74) is 1.57. The normalized spacial score (nSPS) is 20.5. The van der Waals surface area contributed by atoms with E-state index in [4.69, 9.17) is 10.00 Å². The monoisotopic (exact) mass is 297 g/mol. The van der Waals surface area contributed by atoms with E-state index in [1.807, 2.05) is 19.2 Å². The maximum absolute atomic E-state index is 12.3. The van der Waals surface area contributed by atoms with Crippen LogP contribution < -0.4 is 5.32 Å². The summed E-state index contributed by atoms with van der Waals surface area (Å²) in [6.07, 6.45) is 3.68. The molecule has 7 heteroatoms. The third kappa shape index (κ3) is 2.69. The van der Waals surface area contributed by atoms with Crippen molar-refractivity contribution in [3.63, 3.8) is 0 Å². The molecule has 0 aromatic carbocycles. The number of carbonyl (C=O) groups excluding carboxylic acids is 1. The van der Waals surface area contributed by atoms with E-state index in [1.54, 1.807) is 16.9 Å². The number of hydrogen-bond acceptors (Lipinski definition) is 5. The van der Waals surface area contributed by atoms with Crippen LogP contribution >= 0.6 is 0 Å². The third-order valence-electron chi connectivity index (χ3n) is 3.70. The van der Waals surface area contributed by atoms with Crippen LogP contribution in [0.3, 0.4) is 0 Å². The van der Waals surface area contributed by atoms with Gasteiger partial charge in [0.05, 0.1) is 11.7 Å². The molecule has 2 aromatic rings. The molecular formula is C15H15N5O2. The Morgan fingerprint density at radius 3 is 3.09 bits per heavy atom. The predicted molar refractivity (Wildman–Crippen MR) is 76.7 cm³/mol. The molecule has 3 heterocycles. The Hall–Kier alpha value is -2.72. The van der Waals surface area contributed by atoms with Crippen molar-refractivity contribution in [2.75, 3.05) is 6.61 Å². The lowest BCUT2D eigenvalue weighted by Crippen LogP contribution is -2.37. The molecule has 7 nitrogen and oxygen atoms in total. The largest absolute Gasteiger partial charge is 0.370 e. The number of pyridine rings is 1. The molecule has 1 amide bonds. The summed E-state index contributed by atoms with van der Waals surface area (Å²) in [6, 6.07) is 6.75. The van der Waals surface area contributed by atoms with Crippen molar-refractivity contribution in [2.45, 2.75) is 18.6 Å². The van der Waals surface area contributed by atoms with Gasteiger partial charge in [0.25, 0.3) is 5.91 Å². The molecule has 0 aliphatic carbocycles. The molecule has 3 rings (SSSR count). The molecule has 1 saturated heterocycles. The average Bonchev–Trinajstić information content (AvgIpc) is 3.15. The number of hydrogen-bond donors (Lipinski definition) is 1. The Labute approximate surface area is 127 Å². The van der Waals surface area contributed by atoms with Crippen molar-refractivity contribution >= 4 is 5.91 Å². The van der Waals surface area contributed by atoms with Crippen LogP contribution in [0.5, 0.6) is 0 Å². The molecule has 2 atom stereocenters. The van der Waals surface area contributed by atoms with Crippen molar-refractivity contribution < 1.29 is 9.53 Å². The predicted octanol–water partition coefficient (Wildman–Crippen LogP) is 0.947. The summed E-state index contributed by atoms with van der Waals surface area (Å²) in [6.45, 7) is 0.584. The SMILES string of the molecule is Cn1nccc1[C@H]1OCC[C@@H]1NC(=O)c1ccnc(C#N)c1. The van der Waals surface area contributed by atoms with Gasteiger partial charge in [0, 0.05) is 31.6 Å². The first kappa shape index (κ1) is 14.2. The van der Waals surface area contributed by atoms with Gasteiger partial charge in [-0.1, -0.05) is 0 Å². The molecule has 22 heavy (non-hydrogen) atoms. The van der Waals surface area contributed by atoms with Crippen LogP contribution in [0.1, 0.15) is 34.3 Å². The maximum atomic E-state index is 12.3. The number of amides is 1. The van der Waals surface area contributed by atoms with Gasteiger partial charge in [-0.3, -0.25) is 9.48 Å². The van der Waals surface area contributed by atoms with Crippen molar-refractivity contribution in [2.24, 2.45) is 7.05 Å². The van der Waals surface area contributed by atoms with Crippen LogP contribution in [0.15, 0.2) is 30.6 Å². The fourth-order valence-electron chi connectivity index (χ4n) is 2.58. The summed E-state index contributed by atoms with van der Waals surface area (Å²) in [4.78, 5) is 16.2. The van der Waals surface area contributed by atoms with Gasteiger partial charge in [-0.2, -0.15) is 10.4 Å². The van der Waals surface area contributed by atoms with Crippen LogP contribution in [-0.4, -0.2) is 33.3 Å². The van der Waals surface area contributed by atoms with Crippen molar-refractivity contribution in [1.82, 2.24) is 20.1 Å². The minimum absolute atomic E-state index is 0.124. The highest BCUT2D eigenvalue weighted by Crippen LogP contribution is 2.28. The van der Waals surface area contributed by atoms with Gasteiger partial charge in [0.1, 0.15) is 17.9 Å². The summed E-state index contributed by atoms with van der Waals surface area (Å²) >= 11 is 0. The summed E-state index contributed by atoms with van der Waals surface area (Å²) < 4.78 is 7.48. The highest BCUT2D eigenvalue weighted by molar-refractivity contribution is 5.94. The van der Waals surface area contributed by atoms with E-state index in [0.29, 0.717) is 12.2 Å². The Bertz CT molecular complexity index is 734. The minimum Gasteiger partial charge on any atom is -0.370 e. The number of rotatable bonds is 3. The lowest BCUT2D eigenvalue weighted by Gasteiger charge is -2.20. The first-order chi connectivity index (χ1) is 10.7. The van der Waals surface area contributed by atoms with Gasteiger partial charge in [0.15, 0.2) is 0 Å². The zero-order valence-corrected chi connectivity index (χ0v) is 12.1. The molecule has 0 saturated carbocycles. The highest BCUT2D eigenvalue weighted by atomic mass is 16.5. The molecular weight excluding hydrogens is 282 g/mol. The van der Waals surface area contributed by atoms with Crippen molar-refractivity contribution in [1.29, 1.82) is 5.26 Å². The van der Waals surface area contributed by atoms with Crippen molar-refractivity contribution in [3.05, 3.63) is 47.5 Å². The van der Waals surface area contributed by atoms with E-state index in [2.05, 4.69) is 15.4 Å². The standard InChI is InChI=1S/C15H15N5O2/c1-20-13(3-6-18-20)14-12(4-7-22-14)19-15(21)10-2-5-17-11(8-10)9-16/h2-3,5-6,8,12,14H,4,7H2,1H3,(H,19,21)/t12-,14-/m0/s1. The number of carbonyl (C=O) groups is 1. The Morgan fingerprint density at radius 1 is 1.50 bits per heavy atom. The van der Waals surface area contributed by atoms with E-state index in [1.165, 1.54) is 12.3 Å². The summed E-state index contributed by atoms with van der Waals surface area (Å²) in [5.74, 6) is -0.235. The Balaban J connectivity index is 1.76. The number of aryl methyl sites for hydroxylation is 1. The fraction of sp³-hybridized carbons (Fsp3) is 0.333. The van der Waals surface area contributed by atoms with Crippen LogP contribution in [0, 0.1) is 11.3 Å². The number of nitriles is 1. The van der Waals surface area contributed by atoms with E-state index in [0.717, 1.165) is 12.1 Å².